The SMILES string of the molecule is CCS(=O)(=O)CCNC1(CO)CCCC1. The number of rotatable bonds is 6. The quantitative estimate of drug-likeness (QED) is 0.695. The zero-order valence-corrected chi connectivity index (χ0v) is 10.1. The van der Waals surface area contributed by atoms with E-state index in [9.17, 15) is 13.5 Å². The Morgan fingerprint density at radius 1 is 1.33 bits per heavy atom. The molecule has 4 nitrogen and oxygen atoms in total. The summed E-state index contributed by atoms with van der Waals surface area (Å²) in [4.78, 5) is 0. The van der Waals surface area contributed by atoms with Gasteiger partial charge < -0.3 is 10.4 Å². The maximum atomic E-state index is 11.3. The van der Waals surface area contributed by atoms with E-state index in [1.165, 1.54) is 0 Å². The van der Waals surface area contributed by atoms with Gasteiger partial charge in [-0.2, -0.15) is 0 Å². The highest BCUT2D eigenvalue weighted by atomic mass is 32.2. The molecule has 1 fully saturated rings. The van der Waals surface area contributed by atoms with Crippen molar-refractivity contribution in [1.29, 1.82) is 0 Å². The molecule has 1 aliphatic carbocycles. The zero-order valence-electron chi connectivity index (χ0n) is 9.33. The van der Waals surface area contributed by atoms with Crippen molar-refractivity contribution in [2.24, 2.45) is 0 Å². The van der Waals surface area contributed by atoms with Gasteiger partial charge in [0.05, 0.1) is 12.4 Å². The van der Waals surface area contributed by atoms with Crippen molar-refractivity contribution in [2.45, 2.75) is 38.1 Å². The lowest BCUT2D eigenvalue weighted by atomic mass is 9.99. The normalized spacial score (nSPS) is 20.7. The fourth-order valence-corrected chi connectivity index (χ4v) is 2.76. The average Bonchev–Trinajstić information content (AvgIpc) is 2.67. The molecule has 0 bridgehead atoms. The molecule has 0 amide bonds. The summed E-state index contributed by atoms with van der Waals surface area (Å²) < 4.78 is 22.5. The van der Waals surface area contributed by atoms with Gasteiger partial charge >= 0.3 is 0 Å². The second kappa shape index (κ2) is 5.27. The predicted octanol–water partition coefficient (Wildman–Crippen LogP) is 0.316. The zero-order chi connectivity index (χ0) is 11.4. The van der Waals surface area contributed by atoms with Crippen LogP contribution in [0.25, 0.3) is 0 Å². The first-order valence-electron chi connectivity index (χ1n) is 5.60. The third kappa shape index (κ3) is 3.74. The van der Waals surface area contributed by atoms with Crippen molar-refractivity contribution < 1.29 is 13.5 Å². The van der Waals surface area contributed by atoms with Crippen LogP contribution in [0.4, 0.5) is 0 Å². The first kappa shape index (κ1) is 12.9. The molecule has 0 aromatic rings. The molecule has 0 atom stereocenters. The van der Waals surface area contributed by atoms with Crippen molar-refractivity contribution in [3.05, 3.63) is 0 Å². The Balaban J connectivity index is 2.36. The summed E-state index contributed by atoms with van der Waals surface area (Å²) in [5, 5.41) is 12.5. The maximum Gasteiger partial charge on any atom is 0.151 e. The van der Waals surface area contributed by atoms with Crippen LogP contribution in [0.5, 0.6) is 0 Å². The van der Waals surface area contributed by atoms with Gasteiger partial charge in [-0.15, -0.1) is 0 Å². The summed E-state index contributed by atoms with van der Waals surface area (Å²) in [5.74, 6) is 0.367. The summed E-state index contributed by atoms with van der Waals surface area (Å²) in [6.07, 6.45) is 4.15. The third-order valence-electron chi connectivity index (χ3n) is 3.22. The molecule has 1 rings (SSSR count). The predicted molar refractivity (Wildman–Crippen MR) is 60.6 cm³/mol. The largest absolute Gasteiger partial charge is 0.394 e. The number of sulfone groups is 1. The highest BCUT2D eigenvalue weighted by Gasteiger charge is 2.32. The van der Waals surface area contributed by atoms with Crippen molar-refractivity contribution in [1.82, 2.24) is 5.32 Å². The number of aliphatic hydroxyl groups is 1. The van der Waals surface area contributed by atoms with Crippen molar-refractivity contribution in [3.8, 4) is 0 Å². The fraction of sp³-hybridized carbons (Fsp3) is 1.00. The van der Waals surface area contributed by atoms with Gasteiger partial charge in [-0.05, 0) is 12.8 Å². The van der Waals surface area contributed by atoms with E-state index in [1.54, 1.807) is 6.92 Å². The van der Waals surface area contributed by atoms with Gasteiger partial charge in [0.15, 0.2) is 9.84 Å². The molecule has 5 heteroatoms. The molecular weight excluding hydrogens is 214 g/mol. The average molecular weight is 235 g/mol. The minimum atomic E-state index is -2.89. The molecule has 0 unspecified atom stereocenters. The van der Waals surface area contributed by atoms with Gasteiger partial charge in [-0.1, -0.05) is 19.8 Å². The Hall–Kier alpha value is -0.130. The van der Waals surface area contributed by atoms with Crippen molar-refractivity contribution >= 4 is 9.84 Å². The van der Waals surface area contributed by atoms with Crippen LogP contribution >= 0.6 is 0 Å². The van der Waals surface area contributed by atoms with Crippen LogP contribution in [-0.4, -0.2) is 43.7 Å². The molecule has 2 N–H and O–H groups in total. The van der Waals surface area contributed by atoms with Crippen LogP contribution in [0.15, 0.2) is 0 Å². The van der Waals surface area contributed by atoms with E-state index >= 15 is 0 Å². The lowest BCUT2D eigenvalue weighted by molar-refractivity contribution is 0.167. The van der Waals surface area contributed by atoms with Crippen LogP contribution in [-0.2, 0) is 9.84 Å². The molecule has 1 saturated carbocycles. The van der Waals surface area contributed by atoms with Gasteiger partial charge in [0.2, 0.25) is 0 Å². The number of aliphatic hydroxyl groups excluding tert-OH is 1. The Morgan fingerprint density at radius 2 is 1.93 bits per heavy atom. The Kier molecular flexibility index (Phi) is 4.55. The maximum absolute atomic E-state index is 11.3. The lowest BCUT2D eigenvalue weighted by Gasteiger charge is -2.28. The number of hydrogen-bond acceptors (Lipinski definition) is 4. The van der Waals surface area contributed by atoms with E-state index in [-0.39, 0.29) is 23.7 Å². The molecule has 0 spiro atoms. The first-order chi connectivity index (χ1) is 7.04. The Morgan fingerprint density at radius 3 is 2.40 bits per heavy atom. The number of hydrogen-bond donors (Lipinski definition) is 2. The van der Waals surface area contributed by atoms with Gasteiger partial charge in [-0.25, -0.2) is 8.42 Å². The molecular formula is C10H21NO3S. The second-order valence-corrected chi connectivity index (χ2v) is 6.78. The highest BCUT2D eigenvalue weighted by molar-refractivity contribution is 7.91. The molecule has 0 saturated heterocycles. The van der Waals surface area contributed by atoms with E-state index in [1.807, 2.05) is 0 Å². The second-order valence-electron chi connectivity index (χ2n) is 4.31. The summed E-state index contributed by atoms with van der Waals surface area (Å²) in [7, 11) is -2.89. The van der Waals surface area contributed by atoms with E-state index in [4.69, 9.17) is 0 Å². The van der Waals surface area contributed by atoms with Gasteiger partial charge in [0.25, 0.3) is 0 Å². The third-order valence-corrected chi connectivity index (χ3v) is 4.92. The van der Waals surface area contributed by atoms with Crippen LogP contribution < -0.4 is 5.32 Å². The van der Waals surface area contributed by atoms with Crippen LogP contribution in [0.3, 0.4) is 0 Å². The summed E-state index contributed by atoms with van der Waals surface area (Å²) in [6, 6.07) is 0. The molecule has 90 valence electrons. The van der Waals surface area contributed by atoms with Gasteiger partial charge in [0, 0.05) is 17.8 Å². The smallest absolute Gasteiger partial charge is 0.151 e. The summed E-state index contributed by atoms with van der Waals surface area (Å²) >= 11 is 0. The molecule has 0 heterocycles. The molecule has 0 aromatic carbocycles. The standard InChI is InChI=1S/C10H21NO3S/c1-2-15(13,14)8-7-11-10(9-12)5-3-4-6-10/h11-12H,2-9H2,1H3. The minimum absolute atomic E-state index is 0.110. The highest BCUT2D eigenvalue weighted by Crippen LogP contribution is 2.28. The summed E-state index contributed by atoms with van der Waals surface area (Å²) in [5.41, 5.74) is -0.205. The molecule has 0 aliphatic heterocycles. The molecule has 0 radical (unpaired) electrons. The van der Waals surface area contributed by atoms with Gasteiger partial charge in [-0.3, -0.25) is 0 Å². The summed E-state index contributed by atoms with van der Waals surface area (Å²) in [6.45, 7) is 2.22. The van der Waals surface area contributed by atoms with Crippen molar-refractivity contribution in [3.63, 3.8) is 0 Å². The van der Waals surface area contributed by atoms with Gasteiger partial charge in [0.1, 0.15) is 0 Å². The first-order valence-corrected chi connectivity index (χ1v) is 7.42. The van der Waals surface area contributed by atoms with Crippen molar-refractivity contribution in [2.75, 3.05) is 24.7 Å². The van der Waals surface area contributed by atoms with Crippen LogP contribution in [0.2, 0.25) is 0 Å². The minimum Gasteiger partial charge on any atom is -0.394 e. The molecule has 0 aromatic heterocycles. The van der Waals surface area contributed by atoms with E-state index in [0.717, 1.165) is 25.7 Å². The van der Waals surface area contributed by atoms with E-state index in [0.29, 0.717) is 6.54 Å². The van der Waals surface area contributed by atoms with Crippen LogP contribution in [0, 0.1) is 0 Å². The fourth-order valence-electron chi connectivity index (χ4n) is 2.06. The lowest BCUT2D eigenvalue weighted by Crippen LogP contribution is -2.47. The molecule has 1 aliphatic rings. The Bertz CT molecular complexity index is 281. The number of nitrogens with one attached hydrogen (secondary N) is 1. The van der Waals surface area contributed by atoms with E-state index in [2.05, 4.69) is 5.32 Å². The topological polar surface area (TPSA) is 66.4 Å². The Labute approximate surface area is 92.0 Å². The molecule has 15 heavy (non-hydrogen) atoms. The van der Waals surface area contributed by atoms with E-state index < -0.39 is 9.84 Å². The monoisotopic (exact) mass is 235 g/mol. The van der Waals surface area contributed by atoms with Crippen LogP contribution in [0.1, 0.15) is 32.6 Å².